The minimum atomic E-state index is -0.930. The number of nitrogens with zero attached hydrogens (tertiary/aromatic N) is 1. The number of anilines is 1. The highest BCUT2D eigenvalue weighted by molar-refractivity contribution is 7.18. The molecule has 8 heteroatoms. The number of carbonyl (C=O) groups excluding carboxylic acids is 2. The monoisotopic (exact) mass is 416 g/mol. The summed E-state index contributed by atoms with van der Waals surface area (Å²) in [5, 5.41) is 9.57. The van der Waals surface area contributed by atoms with Gasteiger partial charge in [-0.15, -0.1) is 11.3 Å². The van der Waals surface area contributed by atoms with Crippen LogP contribution in [0.1, 0.15) is 59.0 Å². The predicted molar refractivity (Wildman–Crippen MR) is 106 cm³/mol. The van der Waals surface area contributed by atoms with Gasteiger partial charge in [0.05, 0.1) is 17.6 Å². The summed E-state index contributed by atoms with van der Waals surface area (Å²) in [6.07, 6.45) is 2.76. The highest BCUT2D eigenvalue weighted by Crippen LogP contribution is 2.43. The number of nitrogens with two attached hydrogens (primary N) is 1. The summed E-state index contributed by atoms with van der Waals surface area (Å²) in [4.78, 5) is 25.5. The minimum absolute atomic E-state index is 0.108. The number of hydrogen-bond donors (Lipinski definition) is 1. The van der Waals surface area contributed by atoms with E-state index in [1.165, 1.54) is 12.1 Å². The van der Waals surface area contributed by atoms with Crippen molar-refractivity contribution in [1.82, 2.24) is 0 Å². The van der Waals surface area contributed by atoms with E-state index in [0.29, 0.717) is 18.4 Å². The topological polar surface area (TPSA) is 102 Å². The second-order valence-electron chi connectivity index (χ2n) is 6.86. The quantitative estimate of drug-likeness (QED) is 0.712. The lowest BCUT2D eigenvalue weighted by molar-refractivity contribution is -0.152. The Hall–Kier alpha value is -2.92. The third kappa shape index (κ3) is 3.96. The van der Waals surface area contributed by atoms with Crippen molar-refractivity contribution in [2.45, 2.75) is 44.6 Å². The second kappa shape index (κ2) is 8.62. The van der Waals surface area contributed by atoms with Crippen LogP contribution in [0.4, 0.5) is 9.39 Å². The molecule has 2 aromatic rings. The van der Waals surface area contributed by atoms with E-state index in [9.17, 15) is 19.2 Å². The first-order chi connectivity index (χ1) is 13.9. The van der Waals surface area contributed by atoms with E-state index in [1.807, 2.05) is 6.07 Å². The van der Waals surface area contributed by atoms with E-state index in [1.54, 1.807) is 19.1 Å². The SMILES string of the molecule is CCOC(=O)c1sc(N)c(C#N)c1COC(=O)C1(c2cccc(F)c2)CCCC1. The zero-order valence-electron chi connectivity index (χ0n) is 16.0. The fourth-order valence-corrected chi connectivity index (χ4v) is 4.68. The van der Waals surface area contributed by atoms with Crippen molar-refractivity contribution in [3.05, 3.63) is 51.7 Å². The lowest BCUT2D eigenvalue weighted by atomic mass is 9.79. The van der Waals surface area contributed by atoms with Gasteiger partial charge in [0.1, 0.15) is 28.4 Å². The van der Waals surface area contributed by atoms with E-state index in [-0.39, 0.29) is 34.2 Å². The number of rotatable bonds is 6. The maximum Gasteiger partial charge on any atom is 0.348 e. The van der Waals surface area contributed by atoms with Crippen LogP contribution in [0.5, 0.6) is 0 Å². The molecule has 152 valence electrons. The number of nitrogen functional groups attached to an aromatic ring is 1. The lowest BCUT2D eigenvalue weighted by Crippen LogP contribution is -2.34. The Bertz CT molecular complexity index is 974. The highest BCUT2D eigenvalue weighted by atomic mass is 32.1. The highest BCUT2D eigenvalue weighted by Gasteiger charge is 2.44. The molecule has 0 aliphatic heterocycles. The number of esters is 2. The molecule has 0 amide bonds. The van der Waals surface area contributed by atoms with E-state index in [4.69, 9.17) is 15.2 Å². The van der Waals surface area contributed by atoms with Gasteiger partial charge in [-0.25, -0.2) is 9.18 Å². The van der Waals surface area contributed by atoms with Crippen molar-refractivity contribution in [3.8, 4) is 6.07 Å². The molecule has 0 radical (unpaired) electrons. The lowest BCUT2D eigenvalue weighted by Gasteiger charge is -2.27. The number of hydrogen-bond acceptors (Lipinski definition) is 7. The van der Waals surface area contributed by atoms with Gasteiger partial charge in [0.2, 0.25) is 0 Å². The summed E-state index contributed by atoms with van der Waals surface area (Å²) in [6, 6.07) is 7.95. The van der Waals surface area contributed by atoms with Crippen molar-refractivity contribution in [2.75, 3.05) is 12.3 Å². The van der Waals surface area contributed by atoms with Crippen LogP contribution in [0.3, 0.4) is 0 Å². The summed E-state index contributed by atoms with van der Waals surface area (Å²) < 4.78 is 24.3. The molecule has 0 spiro atoms. The fraction of sp³-hybridized carbons (Fsp3) is 0.381. The largest absolute Gasteiger partial charge is 0.462 e. The molecule has 6 nitrogen and oxygen atoms in total. The molecular weight excluding hydrogens is 395 g/mol. The smallest absolute Gasteiger partial charge is 0.348 e. The number of thiophene rings is 1. The van der Waals surface area contributed by atoms with Gasteiger partial charge in [0.15, 0.2) is 0 Å². The van der Waals surface area contributed by atoms with Gasteiger partial charge in [-0.05, 0) is 37.5 Å². The number of halogens is 1. The molecule has 0 saturated heterocycles. The maximum atomic E-state index is 13.8. The van der Waals surface area contributed by atoms with Gasteiger partial charge in [-0.2, -0.15) is 5.26 Å². The van der Waals surface area contributed by atoms with Gasteiger partial charge < -0.3 is 15.2 Å². The van der Waals surface area contributed by atoms with Crippen molar-refractivity contribution < 1.29 is 23.5 Å². The molecule has 0 unspecified atom stereocenters. The molecule has 0 bridgehead atoms. The summed E-state index contributed by atoms with van der Waals surface area (Å²) in [5.74, 6) is -1.52. The normalized spacial score (nSPS) is 14.9. The Morgan fingerprint density at radius 2 is 2.03 bits per heavy atom. The van der Waals surface area contributed by atoms with E-state index in [2.05, 4.69) is 0 Å². The summed E-state index contributed by atoms with van der Waals surface area (Å²) in [6.45, 7) is 1.56. The molecular formula is C21H21FN2O4S. The first kappa shape index (κ1) is 20.8. The van der Waals surface area contributed by atoms with Crippen LogP contribution in [0.2, 0.25) is 0 Å². The summed E-state index contributed by atoms with van der Waals surface area (Å²) in [7, 11) is 0. The predicted octanol–water partition coefficient (Wildman–Crippen LogP) is 4.07. The molecule has 1 fully saturated rings. The van der Waals surface area contributed by atoms with Crippen molar-refractivity contribution in [3.63, 3.8) is 0 Å². The average Bonchev–Trinajstić information content (AvgIpc) is 3.31. The second-order valence-corrected chi connectivity index (χ2v) is 7.91. The third-order valence-electron chi connectivity index (χ3n) is 5.18. The molecule has 2 N–H and O–H groups in total. The molecule has 1 aliphatic rings. The standard InChI is InChI=1S/C21H21FN2O4S/c1-2-27-19(25)17-16(15(11-23)18(24)29-17)12-28-20(26)21(8-3-4-9-21)13-6-5-7-14(22)10-13/h5-7,10H,2-4,8-9,12,24H2,1H3. The number of nitriles is 1. The molecule has 1 heterocycles. The Morgan fingerprint density at radius 1 is 1.31 bits per heavy atom. The molecule has 0 atom stereocenters. The maximum absolute atomic E-state index is 13.8. The van der Waals surface area contributed by atoms with Gasteiger partial charge in [0, 0.05) is 5.56 Å². The van der Waals surface area contributed by atoms with Crippen molar-refractivity contribution in [2.24, 2.45) is 0 Å². The van der Waals surface area contributed by atoms with Gasteiger partial charge in [-0.1, -0.05) is 25.0 Å². The Balaban J connectivity index is 1.88. The Labute approximate surface area is 172 Å². The van der Waals surface area contributed by atoms with E-state index in [0.717, 1.165) is 24.2 Å². The number of benzene rings is 1. The van der Waals surface area contributed by atoms with Crippen LogP contribution in [-0.2, 0) is 26.3 Å². The van der Waals surface area contributed by atoms with Crippen LogP contribution < -0.4 is 5.73 Å². The van der Waals surface area contributed by atoms with E-state index >= 15 is 0 Å². The molecule has 1 saturated carbocycles. The number of carbonyl (C=O) groups is 2. The van der Waals surface area contributed by atoms with Crippen LogP contribution in [0.15, 0.2) is 24.3 Å². The Kier molecular flexibility index (Phi) is 6.18. The first-order valence-electron chi connectivity index (χ1n) is 9.34. The average molecular weight is 416 g/mol. The third-order valence-corrected chi connectivity index (χ3v) is 6.22. The van der Waals surface area contributed by atoms with Crippen LogP contribution in [0, 0.1) is 17.1 Å². The Morgan fingerprint density at radius 3 is 2.66 bits per heavy atom. The van der Waals surface area contributed by atoms with Gasteiger partial charge in [0.25, 0.3) is 0 Å². The zero-order chi connectivity index (χ0) is 21.0. The minimum Gasteiger partial charge on any atom is -0.462 e. The zero-order valence-corrected chi connectivity index (χ0v) is 16.8. The number of ether oxygens (including phenoxy) is 2. The summed E-state index contributed by atoms with van der Waals surface area (Å²) >= 11 is 0.935. The molecule has 1 aromatic heterocycles. The first-order valence-corrected chi connectivity index (χ1v) is 10.2. The van der Waals surface area contributed by atoms with Crippen LogP contribution in [0.25, 0.3) is 0 Å². The van der Waals surface area contributed by atoms with Gasteiger partial charge >= 0.3 is 11.9 Å². The van der Waals surface area contributed by atoms with Crippen LogP contribution >= 0.6 is 11.3 Å². The van der Waals surface area contributed by atoms with Gasteiger partial charge in [-0.3, -0.25) is 4.79 Å². The molecule has 29 heavy (non-hydrogen) atoms. The molecule has 1 aliphatic carbocycles. The summed E-state index contributed by atoms with van der Waals surface area (Å²) in [5.41, 5.74) is 5.86. The van der Waals surface area contributed by atoms with Crippen molar-refractivity contribution >= 4 is 28.3 Å². The van der Waals surface area contributed by atoms with E-state index < -0.39 is 23.2 Å². The van der Waals surface area contributed by atoms with Crippen LogP contribution in [-0.4, -0.2) is 18.5 Å². The molecule has 1 aromatic carbocycles. The van der Waals surface area contributed by atoms with Crippen molar-refractivity contribution in [1.29, 1.82) is 5.26 Å². The molecule has 3 rings (SSSR count). The fourth-order valence-electron chi connectivity index (χ4n) is 3.76.